The second-order valence-electron chi connectivity index (χ2n) is 10.1. The molecule has 8 nitrogen and oxygen atoms in total. The van der Waals surface area contributed by atoms with E-state index in [0.29, 0.717) is 35.8 Å². The van der Waals surface area contributed by atoms with Gasteiger partial charge in [0.2, 0.25) is 0 Å². The number of hydrogen-bond donors (Lipinski definition) is 3. The van der Waals surface area contributed by atoms with Gasteiger partial charge in [0.25, 0.3) is 5.91 Å². The first kappa shape index (κ1) is 25.9. The lowest BCUT2D eigenvalue weighted by atomic mass is 9.99. The van der Waals surface area contributed by atoms with Gasteiger partial charge in [-0.3, -0.25) is 4.79 Å². The van der Waals surface area contributed by atoms with Gasteiger partial charge in [-0.1, -0.05) is 13.0 Å². The van der Waals surface area contributed by atoms with Gasteiger partial charge in [0.15, 0.2) is 5.75 Å². The third-order valence-corrected chi connectivity index (χ3v) is 6.80. The quantitative estimate of drug-likeness (QED) is 0.511. The second kappa shape index (κ2) is 11.3. The van der Waals surface area contributed by atoms with E-state index in [1.807, 2.05) is 13.8 Å². The van der Waals surface area contributed by atoms with Gasteiger partial charge >= 0.3 is 6.03 Å². The number of aliphatic hydroxyl groups is 1. The highest BCUT2D eigenvalue weighted by molar-refractivity contribution is 6.04. The van der Waals surface area contributed by atoms with Crippen LogP contribution in [0.5, 0.6) is 5.75 Å². The van der Waals surface area contributed by atoms with Gasteiger partial charge in [-0.05, 0) is 69.1 Å². The van der Waals surface area contributed by atoms with Gasteiger partial charge in [0, 0.05) is 31.2 Å². The van der Waals surface area contributed by atoms with Crippen LogP contribution in [0.4, 0.5) is 20.6 Å². The van der Waals surface area contributed by atoms with Crippen molar-refractivity contribution in [3.63, 3.8) is 0 Å². The number of nitrogens with one attached hydrogen (secondary N) is 2. The third kappa shape index (κ3) is 6.33. The van der Waals surface area contributed by atoms with Crippen LogP contribution >= 0.6 is 0 Å². The lowest BCUT2D eigenvalue weighted by molar-refractivity contribution is 0.0346. The lowest BCUT2D eigenvalue weighted by Crippen LogP contribution is -2.50. The van der Waals surface area contributed by atoms with E-state index in [0.717, 1.165) is 12.5 Å². The number of carbonyl (C=O) groups excluding carboxylic acids is 2. The van der Waals surface area contributed by atoms with Gasteiger partial charge in [-0.25, -0.2) is 9.18 Å². The van der Waals surface area contributed by atoms with Crippen LogP contribution in [-0.4, -0.2) is 72.3 Å². The molecule has 3 atom stereocenters. The minimum atomic E-state index is -0.538. The largest absolute Gasteiger partial charge is 0.486 e. The summed E-state index contributed by atoms with van der Waals surface area (Å²) in [5, 5.41) is 15.3. The minimum Gasteiger partial charge on any atom is -0.486 e. The van der Waals surface area contributed by atoms with Gasteiger partial charge in [-0.2, -0.15) is 0 Å². The van der Waals surface area contributed by atoms with Crippen LogP contribution in [0.25, 0.3) is 0 Å². The van der Waals surface area contributed by atoms with Crippen LogP contribution in [0.3, 0.4) is 0 Å². The normalized spacial score (nSPS) is 20.7. The first-order chi connectivity index (χ1) is 17.2. The number of amides is 3. The molecule has 36 heavy (non-hydrogen) atoms. The molecule has 2 aromatic carbocycles. The molecule has 3 N–H and O–H groups in total. The smallest absolute Gasteiger partial charge is 0.323 e. The summed E-state index contributed by atoms with van der Waals surface area (Å²) >= 11 is 0. The number of nitrogens with zero attached hydrogens (tertiary/aromatic N) is 2. The van der Waals surface area contributed by atoms with Crippen LogP contribution in [-0.2, 0) is 0 Å². The van der Waals surface area contributed by atoms with Crippen LogP contribution in [0, 0.1) is 17.7 Å². The van der Waals surface area contributed by atoms with Crippen molar-refractivity contribution >= 4 is 23.3 Å². The highest BCUT2D eigenvalue weighted by Crippen LogP contribution is 2.35. The molecular weight excluding hydrogens is 463 g/mol. The van der Waals surface area contributed by atoms with Gasteiger partial charge in [-0.15, -0.1) is 0 Å². The molecule has 0 unspecified atom stereocenters. The number of anilines is 2. The molecule has 0 aromatic heterocycles. The van der Waals surface area contributed by atoms with Crippen molar-refractivity contribution in [2.75, 3.05) is 43.9 Å². The molecule has 0 spiro atoms. The molecule has 1 heterocycles. The lowest BCUT2D eigenvalue weighted by Gasteiger charge is -2.38. The highest BCUT2D eigenvalue weighted by Gasteiger charge is 2.35. The standard InChI is InChI=1S/C27H35FN4O4/c1-17-13-32(18(2)16-33)26(34)22-5-4-6-23(30-27(35)29-21-11-9-20(28)10-12-21)25(22)36-24(17)15-31(3)14-19-7-8-19/h4-6,9-12,17-19,24,33H,7-8,13-16H2,1-3H3,(H2,29,30,35)/t17-,18-,24+/m1/s1. The Balaban J connectivity index is 1.62. The van der Waals surface area contributed by atoms with E-state index in [1.54, 1.807) is 23.1 Å². The van der Waals surface area contributed by atoms with Crippen LogP contribution in [0.2, 0.25) is 0 Å². The molecule has 1 aliphatic carbocycles. The monoisotopic (exact) mass is 498 g/mol. The number of rotatable bonds is 8. The summed E-state index contributed by atoms with van der Waals surface area (Å²) in [6.45, 7) is 5.82. The molecule has 0 saturated heterocycles. The predicted molar refractivity (Wildman–Crippen MR) is 137 cm³/mol. The van der Waals surface area contributed by atoms with Crippen molar-refractivity contribution < 1.29 is 23.8 Å². The van der Waals surface area contributed by atoms with E-state index < -0.39 is 11.8 Å². The zero-order chi connectivity index (χ0) is 25.8. The summed E-state index contributed by atoms with van der Waals surface area (Å²) in [5.41, 5.74) is 1.12. The maximum atomic E-state index is 13.5. The Morgan fingerprint density at radius 2 is 1.92 bits per heavy atom. The molecule has 194 valence electrons. The summed E-state index contributed by atoms with van der Waals surface area (Å²) in [6, 6.07) is 9.60. The van der Waals surface area contributed by atoms with Crippen LogP contribution in [0.15, 0.2) is 42.5 Å². The van der Waals surface area contributed by atoms with Crippen molar-refractivity contribution in [2.45, 2.75) is 38.8 Å². The summed E-state index contributed by atoms with van der Waals surface area (Å²) in [5.74, 6) is 0.365. The number of aliphatic hydroxyl groups excluding tert-OH is 1. The first-order valence-electron chi connectivity index (χ1n) is 12.5. The molecule has 0 bridgehead atoms. The fraction of sp³-hybridized carbons (Fsp3) is 0.481. The average molecular weight is 499 g/mol. The number of fused-ring (bicyclic) bond motifs is 1. The number of hydrogen-bond acceptors (Lipinski definition) is 5. The SMILES string of the molecule is C[C@@H]1CN([C@H](C)CO)C(=O)c2cccc(NC(=O)Nc3ccc(F)cc3)c2O[C@H]1CN(C)CC1CC1. The maximum absolute atomic E-state index is 13.5. The Labute approximate surface area is 211 Å². The molecule has 1 aliphatic heterocycles. The van der Waals surface area contributed by atoms with Crippen molar-refractivity contribution in [3.8, 4) is 5.75 Å². The molecular formula is C27H35FN4O4. The second-order valence-corrected chi connectivity index (χ2v) is 10.1. The van der Waals surface area contributed by atoms with E-state index in [2.05, 4.69) is 22.6 Å². The predicted octanol–water partition coefficient (Wildman–Crippen LogP) is 4.03. The topological polar surface area (TPSA) is 94.1 Å². The van der Waals surface area contributed by atoms with E-state index in [9.17, 15) is 19.1 Å². The van der Waals surface area contributed by atoms with E-state index in [1.165, 1.54) is 37.1 Å². The van der Waals surface area contributed by atoms with Crippen LogP contribution in [0.1, 0.15) is 37.0 Å². The van der Waals surface area contributed by atoms with E-state index >= 15 is 0 Å². The molecule has 1 saturated carbocycles. The number of ether oxygens (including phenoxy) is 1. The molecule has 9 heteroatoms. The van der Waals surface area contributed by atoms with E-state index in [4.69, 9.17) is 4.74 Å². The molecule has 3 amide bonds. The van der Waals surface area contributed by atoms with Gasteiger partial charge in [0.1, 0.15) is 11.9 Å². The summed E-state index contributed by atoms with van der Waals surface area (Å²) in [4.78, 5) is 30.2. The molecule has 4 rings (SSSR count). The number of likely N-dealkylation sites (N-methyl/N-ethyl adjacent to an activating group) is 1. The van der Waals surface area contributed by atoms with Crippen LogP contribution < -0.4 is 15.4 Å². The van der Waals surface area contributed by atoms with Crippen molar-refractivity contribution in [2.24, 2.45) is 11.8 Å². The Kier molecular flexibility index (Phi) is 8.11. The zero-order valence-corrected chi connectivity index (χ0v) is 21.0. The summed E-state index contributed by atoms with van der Waals surface area (Å²) < 4.78 is 19.7. The Morgan fingerprint density at radius 1 is 1.19 bits per heavy atom. The first-order valence-corrected chi connectivity index (χ1v) is 12.5. The number of para-hydroxylation sites is 1. The maximum Gasteiger partial charge on any atom is 0.323 e. The van der Waals surface area contributed by atoms with E-state index in [-0.39, 0.29) is 30.6 Å². The van der Waals surface area contributed by atoms with Crippen molar-refractivity contribution in [3.05, 3.63) is 53.8 Å². The number of benzene rings is 2. The molecule has 0 radical (unpaired) electrons. The Hall–Kier alpha value is -3.17. The molecule has 2 aromatic rings. The van der Waals surface area contributed by atoms with Gasteiger partial charge in [0.05, 0.1) is 23.9 Å². The Morgan fingerprint density at radius 3 is 2.58 bits per heavy atom. The van der Waals surface area contributed by atoms with Crippen molar-refractivity contribution in [1.82, 2.24) is 9.80 Å². The summed E-state index contributed by atoms with van der Waals surface area (Å²) in [7, 11) is 2.08. The fourth-order valence-electron chi connectivity index (χ4n) is 4.50. The average Bonchev–Trinajstić information content (AvgIpc) is 3.66. The van der Waals surface area contributed by atoms with Crippen molar-refractivity contribution in [1.29, 1.82) is 0 Å². The summed E-state index contributed by atoms with van der Waals surface area (Å²) in [6.07, 6.45) is 2.26. The Bertz CT molecular complexity index is 1080. The third-order valence-electron chi connectivity index (χ3n) is 6.80. The molecule has 2 aliphatic rings. The highest BCUT2D eigenvalue weighted by atomic mass is 19.1. The zero-order valence-electron chi connectivity index (χ0n) is 21.0. The van der Waals surface area contributed by atoms with Gasteiger partial charge < -0.3 is 30.3 Å². The number of halogens is 1. The number of urea groups is 1. The number of carbonyl (C=O) groups is 2. The molecule has 1 fully saturated rings. The fourth-order valence-corrected chi connectivity index (χ4v) is 4.50. The minimum absolute atomic E-state index is 0.0150.